The van der Waals surface area contributed by atoms with E-state index >= 15 is 0 Å². The molecular formula is C12H11FN2O3. The highest BCUT2D eigenvalue weighted by atomic mass is 19.1. The molecule has 0 saturated carbocycles. The molecule has 0 aliphatic carbocycles. The number of aromatic nitrogens is 2. The van der Waals surface area contributed by atoms with Crippen LogP contribution in [-0.2, 0) is 6.54 Å². The van der Waals surface area contributed by atoms with Crippen molar-refractivity contribution in [3.63, 3.8) is 0 Å². The summed E-state index contributed by atoms with van der Waals surface area (Å²) in [7, 11) is 0. The van der Waals surface area contributed by atoms with E-state index in [2.05, 4.69) is 5.10 Å². The van der Waals surface area contributed by atoms with Crippen LogP contribution < -0.4 is 10.3 Å². The van der Waals surface area contributed by atoms with Gasteiger partial charge in [-0.3, -0.25) is 4.79 Å². The molecule has 2 rings (SSSR count). The Balaban J connectivity index is 2.21. The number of halogens is 1. The number of aliphatic hydroxyl groups excluding tert-OH is 1. The summed E-state index contributed by atoms with van der Waals surface area (Å²) >= 11 is 0. The standard InChI is InChI=1S/C12H11FN2O3/c13-9-1-3-10(4-2-9)18-11-5-6-12(17)15(14-11)7-8-16/h1-6,16H,7-8H2. The van der Waals surface area contributed by atoms with Crippen molar-refractivity contribution in [2.24, 2.45) is 0 Å². The maximum atomic E-state index is 12.7. The van der Waals surface area contributed by atoms with Crippen molar-refractivity contribution in [3.8, 4) is 11.6 Å². The van der Waals surface area contributed by atoms with Gasteiger partial charge in [0.25, 0.3) is 5.56 Å². The maximum Gasteiger partial charge on any atom is 0.267 e. The van der Waals surface area contributed by atoms with Crippen molar-refractivity contribution in [2.45, 2.75) is 6.54 Å². The second-order valence-electron chi connectivity index (χ2n) is 3.51. The lowest BCUT2D eigenvalue weighted by Crippen LogP contribution is -2.23. The molecule has 1 aromatic heterocycles. The lowest BCUT2D eigenvalue weighted by molar-refractivity contribution is 0.263. The monoisotopic (exact) mass is 250 g/mol. The van der Waals surface area contributed by atoms with E-state index in [1.807, 2.05) is 0 Å². The number of hydrogen-bond acceptors (Lipinski definition) is 4. The molecule has 18 heavy (non-hydrogen) atoms. The molecule has 1 N–H and O–H groups in total. The van der Waals surface area contributed by atoms with E-state index in [1.54, 1.807) is 0 Å². The normalized spacial score (nSPS) is 10.3. The van der Waals surface area contributed by atoms with E-state index in [1.165, 1.54) is 36.4 Å². The van der Waals surface area contributed by atoms with Crippen molar-refractivity contribution < 1.29 is 14.2 Å². The molecule has 1 heterocycles. The third kappa shape index (κ3) is 2.92. The molecule has 0 amide bonds. The van der Waals surface area contributed by atoms with Crippen LogP contribution in [0.3, 0.4) is 0 Å². The lowest BCUT2D eigenvalue weighted by Gasteiger charge is -2.06. The molecule has 0 spiro atoms. The minimum Gasteiger partial charge on any atom is -0.438 e. The van der Waals surface area contributed by atoms with Crippen molar-refractivity contribution in [3.05, 3.63) is 52.6 Å². The lowest BCUT2D eigenvalue weighted by atomic mass is 10.3. The average Bonchev–Trinajstić information content (AvgIpc) is 2.37. The van der Waals surface area contributed by atoms with Crippen molar-refractivity contribution in [2.75, 3.05) is 6.61 Å². The van der Waals surface area contributed by atoms with Crippen molar-refractivity contribution in [1.82, 2.24) is 9.78 Å². The first-order chi connectivity index (χ1) is 8.69. The second kappa shape index (κ2) is 5.42. The highest BCUT2D eigenvalue weighted by molar-refractivity contribution is 5.26. The number of benzene rings is 1. The first kappa shape index (κ1) is 12.3. The van der Waals surface area contributed by atoms with Gasteiger partial charge >= 0.3 is 0 Å². The molecule has 0 aliphatic heterocycles. The van der Waals surface area contributed by atoms with Gasteiger partial charge in [-0.1, -0.05) is 0 Å². The smallest absolute Gasteiger partial charge is 0.267 e. The fourth-order valence-corrected chi connectivity index (χ4v) is 1.36. The average molecular weight is 250 g/mol. The number of rotatable bonds is 4. The zero-order chi connectivity index (χ0) is 13.0. The van der Waals surface area contributed by atoms with Gasteiger partial charge in [-0.2, -0.15) is 0 Å². The van der Waals surface area contributed by atoms with Crippen LogP contribution in [0.15, 0.2) is 41.2 Å². The molecule has 0 bridgehead atoms. The van der Waals surface area contributed by atoms with Gasteiger partial charge in [0.1, 0.15) is 11.6 Å². The summed E-state index contributed by atoms with van der Waals surface area (Å²) in [6, 6.07) is 8.15. The summed E-state index contributed by atoms with van der Waals surface area (Å²) in [5.74, 6) is 0.258. The van der Waals surface area contributed by atoms with E-state index in [4.69, 9.17) is 9.84 Å². The highest BCUT2D eigenvalue weighted by Crippen LogP contribution is 2.18. The van der Waals surface area contributed by atoms with Crippen LogP contribution in [0, 0.1) is 5.82 Å². The van der Waals surface area contributed by atoms with Gasteiger partial charge in [-0.05, 0) is 24.3 Å². The van der Waals surface area contributed by atoms with Crippen molar-refractivity contribution >= 4 is 0 Å². The number of aliphatic hydroxyl groups is 1. The van der Waals surface area contributed by atoms with Crippen molar-refractivity contribution in [1.29, 1.82) is 0 Å². The van der Waals surface area contributed by atoms with Crippen LogP contribution in [0.1, 0.15) is 0 Å². The van der Waals surface area contributed by atoms with Crippen LogP contribution >= 0.6 is 0 Å². The first-order valence-corrected chi connectivity index (χ1v) is 5.31. The first-order valence-electron chi connectivity index (χ1n) is 5.31. The second-order valence-corrected chi connectivity index (χ2v) is 3.51. The fraction of sp³-hybridized carbons (Fsp3) is 0.167. The Bertz CT molecular complexity index is 581. The third-order valence-electron chi connectivity index (χ3n) is 2.19. The minimum atomic E-state index is -0.361. The highest BCUT2D eigenvalue weighted by Gasteiger charge is 2.02. The van der Waals surface area contributed by atoms with E-state index in [0.29, 0.717) is 5.75 Å². The van der Waals surface area contributed by atoms with Crippen LogP contribution in [0.25, 0.3) is 0 Å². The van der Waals surface area contributed by atoms with E-state index in [-0.39, 0.29) is 30.4 Å². The minimum absolute atomic E-state index is 0.0967. The van der Waals surface area contributed by atoms with Gasteiger partial charge in [0.15, 0.2) is 0 Å². The zero-order valence-corrected chi connectivity index (χ0v) is 9.41. The Morgan fingerprint density at radius 1 is 1.22 bits per heavy atom. The van der Waals surface area contributed by atoms with Gasteiger partial charge in [-0.25, -0.2) is 9.07 Å². The Morgan fingerprint density at radius 3 is 2.61 bits per heavy atom. The predicted molar refractivity (Wildman–Crippen MR) is 62.1 cm³/mol. The Hall–Kier alpha value is -2.21. The van der Waals surface area contributed by atoms with Crippen LogP contribution in [0.2, 0.25) is 0 Å². The van der Waals surface area contributed by atoms with E-state index in [0.717, 1.165) is 4.68 Å². The van der Waals surface area contributed by atoms with E-state index in [9.17, 15) is 9.18 Å². The summed E-state index contributed by atoms with van der Waals surface area (Å²) in [6.07, 6.45) is 0. The summed E-state index contributed by atoms with van der Waals surface area (Å²) in [5, 5.41) is 12.7. The number of hydrogen-bond donors (Lipinski definition) is 1. The summed E-state index contributed by atoms with van der Waals surface area (Å²) in [5.41, 5.74) is -0.324. The summed E-state index contributed by atoms with van der Waals surface area (Å²) < 4.78 is 19.2. The van der Waals surface area contributed by atoms with Gasteiger partial charge < -0.3 is 9.84 Å². The molecule has 1 aromatic carbocycles. The third-order valence-corrected chi connectivity index (χ3v) is 2.19. The van der Waals surface area contributed by atoms with Crippen LogP contribution in [-0.4, -0.2) is 21.5 Å². The fourth-order valence-electron chi connectivity index (χ4n) is 1.36. The molecule has 6 heteroatoms. The van der Waals surface area contributed by atoms with Gasteiger partial charge in [-0.15, -0.1) is 5.10 Å². The summed E-state index contributed by atoms with van der Waals surface area (Å²) in [4.78, 5) is 11.3. The molecule has 0 fully saturated rings. The van der Waals surface area contributed by atoms with Crippen LogP contribution in [0.5, 0.6) is 11.6 Å². The molecular weight excluding hydrogens is 239 g/mol. The van der Waals surface area contributed by atoms with E-state index < -0.39 is 0 Å². The molecule has 0 atom stereocenters. The Kier molecular flexibility index (Phi) is 3.69. The molecule has 5 nitrogen and oxygen atoms in total. The topological polar surface area (TPSA) is 64.3 Å². The Labute approximate surface area is 102 Å². The van der Waals surface area contributed by atoms with Gasteiger partial charge in [0, 0.05) is 12.1 Å². The SMILES string of the molecule is O=c1ccc(Oc2ccc(F)cc2)nn1CCO. The largest absolute Gasteiger partial charge is 0.438 e. The molecule has 0 radical (unpaired) electrons. The molecule has 0 aliphatic rings. The molecule has 2 aromatic rings. The van der Waals surface area contributed by atoms with Gasteiger partial charge in [0.2, 0.25) is 5.88 Å². The molecule has 94 valence electrons. The predicted octanol–water partition coefficient (Wildman–Crippen LogP) is 1.17. The molecule has 0 saturated heterocycles. The van der Waals surface area contributed by atoms with Crippen LogP contribution in [0.4, 0.5) is 4.39 Å². The number of nitrogens with zero attached hydrogens (tertiary/aromatic N) is 2. The maximum absolute atomic E-state index is 12.7. The Morgan fingerprint density at radius 2 is 1.94 bits per heavy atom. The number of ether oxygens (including phenoxy) is 1. The van der Waals surface area contributed by atoms with Gasteiger partial charge in [0.05, 0.1) is 13.2 Å². The quantitative estimate of drug-likeness (QED) is 0.884. The zero-order valence-electron chi connectivity index (χ0n) is 9.41. The summed E-state index contributed by atoms with van der Waals surface area (Å²) in [6.45, 7) is -0.0909. The molecule has 0 unspecified atom stereocenters.